The summed E-state index contributed by atoms with van der Waals surface area (Å²) >= 11 is 0. The van der Waals surface area contributed by atoms with Crippen molar-refractivity contribution < 1.29 is 17.9 Å². The van der Waals surface area contributed by atoms with Gasteiger partial charge in [-0.2, -0.15) is 13.2 Å². The lowest BCUT2D eigenvalue weighted by molar-refractivity contribution is -0.137. The van der Waals surface area contributed by atoms with Crippen LogP contribution in [-0.4, -0.2) is 37.2 Å². The molecule has 0 unspecified atom stereocenters. The van der Waals surface area contributed by atoms with E-state index in [2.05, 4.69) is 20.6 Å². The normalized spacial score (nSPS) is 11.8. The number of nitrogens with zero attached hydrogens (tertiary/aromatic N) is 1. The molecule has 0 saturated heterocycles. The van der Waals surface area contributed by atoms with Crippen molar-refractivity contribution in [3.05, 3.63) is 71.8 Å². The number of alkyl halides is 3. The van der Waals surface area contributed by atoms with E-state index in [-0.39, 0.29) is 5.52 Å². The molecule has 4 rings (SSSR count). The molecule has 5 nitrogen and oxygen atoms in total. The van der Waals surface area contributed by atoms with Crippen molar-refractivity contribution in [3.63, 3.8) is 0 Å². The van der Waals surface area contributed by atoms with E-state index < -0.39 is 11.7 Å². The summed E-state index contributed by atoms with van der Waals surface area (Å²) in [5.41, 5.74) is 2.86. The molecule has 0 bridgehead atoms. The zero-order chi connectivity index (χ0) is 23.4. The van der Waals surface area contributed by atoms with Gasteiger partial charge in [0.15, 0.2) is 0 Å². The maximum atomic E-state index is 13.7. The first-order chi connectivity index (χ1) is 15.9. The second-order valence-electron chi connectivity index (χ2n) is 7.68. The summed E-state index contributed by atoms with van der Waals surface area (Å²) in [6.45, 7) is 2.23. The molecule has 3 aromatic carbocycles. The average molecular weight is 454 g/mol. The molecule has 0 aliphatic rings. The Morgan fingerprint density at radius 3 is 2.55 bits per heavy atom. The van der Waals surface area contributed by atoms with E-state index in [1.54, 1.807) is 13.2 Å². The molecule has 0 amide bonds. The number of fused-ring (bicyclic) bond motifs is 1. The minimum atomic E-state index is -4.49. The third kappa shape index (κ3) is 5.02. The number of benzene rings is 3. The maximum absolute atomic E-state index is 13.7. The summed E-state index contributed by atoms with van der Waals surface area (Å²) in [5.74, 6) is 1.04. The summed E-state index contributed by atoms with van der Waals surface area (Å²) in [6, 6.07) is 17.1. The summed E-state index contributed by atoms with van der Waals surface area (Å²) < 4.78 is 46.5. The van der Waals surface area contributed by atoms with Crippen molar-refractivity contribution in [2.75, 3.05) is 27.2 Å². The number of halogens is 3. The standard InChI is InChI=1S/C25H25F3N4O/c1-29-10-11-30-15-16-6-5-7-17(12-16)20-13-18(25(26,27)28)14-21-23(20)32-24(31-21)19-8-3-4-9-22(19)33-2/h3-9,12-14,29-30H,10-11,15H2,1-2H3,(H,31,32). The molecular formula is C25H25F3N4O. The second kappa shape index (κ2) is 9.64. The summed E-state index contributed by atoms with van der Waals surface area (Å²) in [7, 11) is 3.43. The van der Waals surface area contributed by atoms with Crippen molar-refractivity contribution in [3.8, 4) is 28.3 Å². The third-order valence-electron chi connectivity index (χ3n) is 5.40. The van der Waals surface area contributed by atoms with E-state index in [1.165, 1.54) is 6.07 Å². The molecule has 1 heterocycles. The number of aromatic amines is 1. The maximum Gasteiger partial charge on any atom is 0.416 e. The molecular weight excluding hydrogens is 429 g/mol. The number of hydrogen-bond acceptors (Lipinski definition) is 4. The van der Waals surface area contributed by atoms with E-state index >= 15 is 0 Å². The predicted molar refractivity (Wildman–Crippen MR) is 124 cm³/mol. The van der Waals surface area contributed by atoms with Gasteiger partial charge in [-0.15, -0.1) is 0 Å². The van der Waals surface area contributed by atoms with Gasteiger partial charge in [0.25, 0.3) is 0 Å². The molecule has 0 aliphatic carbocycles. The van der Waals surface area contributed by atoms with E-state index in [0.29, 0.717) is 40.3 Å². The van der Waals surface area contributed by atoms with Crippen molar-refractivity contribution in [2.24, 2.45) is 0 Å². The van der Waals surface area contributed by atoms with Gasteiger partial charge >= 0.3 is 6.18 Å². The first-order valence-electron chi connectivity index (χ1n) is 10.6. The molecule has 0 aliphatic heterocycles. The van der Waals surface area contributed by atoms with Crippen LogP contribution in [0.15, 0.2) is 60.7 Å². The van der Waals surface area contributed by atoms with Crippen molar-refractivity contribution >= 4 is 11.0 Å². The Balaban J connectivity index is 1.82. The largest absolute Gasteiger partial charge is 0.496 e. The molecule has 8 heteroatoms. The Morgan fingerprint density at radius 2 is 1.79 bits per heavy atom. The topological polar surface area (TPSA) is 62.0 Å². The Bertz CT molecular complexity index is 1250. The molecule has 33 heavy (non-hydrogen) atoms. The minimum absolute atomic E-state index is 0.248. The number of para-hydroxylation sites is 1. The Morgan fingerprint density at radius 1 is 0.970 bits per heavy atom. The van der Waals surface area contributed by atoms with E-state index in [1.807, 2.05) is 49.5 Å². The average Bonchev–Trinajstić information content (AvgIpc) is 3.25. The lowest BCUT2D eigenvalue weighted by Crippen LogP contribution is -2.24. The van der Waals surface area contributed by atoms with Crippen molar-refractivity contribution in [2.45, 2.75) is 12.7 Å². The number of imidazole rings is 1. The number of rotatable bonds is 8. The van der Waals surface area contributed by atoms with Crippen LogP contribution < -0.4 is 15.4 Å². The van der Waals surface area contributed by atoms with Gasteiger partial charge in [-0.3, -0.25) is 0 Å². The van der Waals surface area contributed by atoms with Gasteiger partial charge in [-0.25, -0.2) is 4.98 Å². The third-order valence-corrected chi connectivity index (χ3v) is 5.40. The monoisotopic (exact) mass is 454 g/mol. The molecule has 0 radical (unpaired) electrons. The van der Waals surface area contributed by atoms with Crippen LogP contribution in [0.25, 0.3) is 33.5 Å². The zero-order valence-electron chi connectivity index (χ0n) is 18.4. The fourth-order valence-electron chi connectivity index (χ4n) is 3.77. The molecule has 0 atom stereocenters. The number of likely N-dealkylation sites (N-methyl/N-ethyl adjacent to an activating group) is 1. The number of hydrogen-bond donors (Lipinski definition) is 3. The molecule has 3 N–H and O–H groups in total. The highest BCUT2D eigenvalue weighted by Gasteiger charge is 2.32. The van der Waals surface area contributed by atoms with Gasteiger partial charge in [-0.1, -0.05) is 30.3 Å². The van der Waals surface area contributed by atoms with Crippen LogP contribution in [0.3, 0.4) is 0 Å². The van der Waals surface area contributed by atoms with Crippen LogP contribution in [-0.2, 0) is 12.7 Å². The highest BCUT2D eigenvalue weighted by atomic mass is 19.4. The quantitative estimate of drug-likeness (QED) is 0.319. The van der Waals surface area contributed by atoms with Crippen LogP contribution in [0.4, 0.5) is 13.2 Å². The SMILES string of the molecule is CNCCNCc1cccc(-c2cc(C(F)(F)F)cc3nc(-c4ccccc4OC)[nH]c23)c1. The van der Waals surface area contributed by atoms with Crippen molar-refractivity contribution in [1.29, 1.82) is 0 Å². The van der Waals surface area contributed by atoms with E-state index in [9.17, 15) is 13.2 Å². The highest BCUT2D eigenvalue weighted by Crippen LogP contribution is 2.38. The second-order valence-corrected chi connectivity index (χ2v) is 7.68. The lowest BCUT2D eigenvalue weighted by Gasteiger charge is -2.12. The molecule has 0 saturated carbocycles. The van der Waals surface area contributed by atoms with Crippen LogP contribution in [0.1, 0.15) is 11.1 Å². The minimum Gasteiger partial charge on any atom is -0.496 e. The van der Waals surface area contributed by atoms with E-state index in [0.717, 1.165) is 24.7 Å². The number of ether oxygens (including phenoxy) is 1. The smallest absolute Gasteiger partial charge is 0.416 e. The first-order valence-corrected chi connectivity index (χ1v) is 10.6. The number of H-pyrrole nitrogens is 1. The zero-order valence-corrected chi connectivity index (χ0v) is 18.4. The Kier molecular flexibility index (Phi) is 6.67. The highest BCUT2D eigenvalue weighted by molar-refractivity contribution is 5.95. The summed E-state index contributed by atoms with van der Waals surface area (Å²) in [6.07, 6.45) is -4.49. The van der Waals surface area contributed by atoms with Crippen LogP contribution in [0, 0.1) is 0 Å². The van der Waals surface area contributed by atoms with Gasteiger partial charge in [-0.05, 0) is 48.5 Å². The van der Waals surface area contributed by atoms with Crippen molar-refractivity contribution in [1.82, 2.24) is 20.6 Å². The predicted octanol–water partition coefficient (Wildman–Crippen LogP) is 5.23. The van der Waals surface area contributed by atoms with Gasteiger partial charge < -0.3 is 20.4 Å². The number of aromatic nitrogens is 2. The molecule has 0 spiro atoms. The molecule has 172 valence electrons. The number of nitrogens with one attached hydrogen (secondary N) is 3. The first kappa shape index (κ1) is 22.8. The van der Waals surface area contributed by atoms with Crippen LogP contribution in [0.2, 0.25) is 0 Å². The molecule has 0 fully saturated rings. The van der Waals surface area contributed by atoms with Gasteiger partial charge in [0.1, 0.15) is 11.6 Å². The van der Waals surface area contributed by atoms with Gasteiger partial charge in [0, 0.05) is 25.2 Å². The van der Waals surface area contributed by atoms with E-state index in [4.69, 9.17) is 4.74 Å². The lowest BCUT2D eigenvalue weighted by atomic mass is 9.99. The fourth-order valence-corrected chi connectivity index (χ4v) is 3.77. The van der Waals surface area contributed by atoms with Crippen LogP contribution >= 0.6 is 0 Å². The van der Waals surface area contributed by atoms with Gasteiger partial charge in [0.05, 0.1) is 29.3 Å². The summed E-state index contributed by atoms with van der Waals surface area (Å²) in [5, 5.41) is 6.38. The van der Waals surface area contributed by atoms with Gasteiger partial charge in [0.2, 0.25) is 0 Å². The molecule has 1 aromatic heterocycles. The summed E-state index contributed by atoms with van der Waals surface area (Å²) in [4.78, 5) is 7.72. The van der Waals surface area contributed by atoms with Crippen LogP contribution in [0.5, 0.6) is 5.75 Å². The Labute approximate surface area is 190 Å². The fraction of sp³-hybridized carbons (Fsp3) is 0.240. The Hall–Kier alpha value is -3.36. The molecule has 4 aromatic rings. The number of methoxy groups -OCH3 is 1.